The van der Waals surface area contributed by atoms with E-state index < -0.39 is 0 Å². The standard InChI is InChI=1S/C16H29ClN4/c1-11(2)10-16(7-5-6-8-16)14(19-18)9-13-12(3)20-21(4)15(13)17/h11,14,19H,5-10,18H2,1-4H3. The first kappa shape index (κ1) is 16.8. The average molecular weight is 313 g/mol. The predicted octanol–water partition coefficient (Wildman–Crippen LogP) is 3.36. The molecule has 5 heteroatoms. The van der Waals surface area contributed by atoms with E-state index in [2.05, 4.69) is 24.4 Å². The highest BCUT2D eigenvalue weighted by Crippen LogP contribution is 2.47. The van der Waals surface area contributed by atoms with Crippen LogP contribution in [-0.4, -0.2) is 15.8 Å². The lowest BCUT2D eigenvalue weighted by atomic mass is 9.71. The van der Waals surface area contributed by atoms with E-state index in [0.29, 0.717) is 11.3 Å². The smallest absolute Gasteiger partial charge is 0.130 e. The van der Waals surface area contributed by atoms with Crippen LogP contribution in [0.3, 0.4) is 0 Å². The zero-order valence-electron chi connectivity index (χ0n) is 13.7. The highest BCUT2D eigenvalue weighted by Gasteiger charge is 2.41. The lowest BCUT2D eigenvalue weighted by molar-refractivity contribution is 0.154. The van der Waals surface area contributed by atoms with Gasteiger partial charge in [0.15, 0.2) is 0 Å². The minimum atomic E-state index is 0.266. The molecule has 0 spiro atoms. The van der Waals surface area contributed by atoms with Crippen LogP contribution in [0, 0.1) is 18.3 Å². The molecule has 2 rings (SSSR count). The second-order valence-corrected chi connectivity index (χ2v) is 7.43. The van der Waals surface area contributed by atoms with Crippen molar-refractivity contribution in [1.29, 1.82) is 0 Å². The minimum absolute atomic E-state index is 0.266. The lowest BCUT2D eigenvalue weighted by Crippen LogP contribution is -2.49. The Bertz CT molecular complexity index is 475. The Hall–Kier alpha value is -0.580. The van der Waals surface area contributed by atoms with Crippen LogP contribution >= 0.6 is 11.6 Å². The van der Waals surface area contributed by atoms with Gasteiger partial charge in [0.2, 0.25) is 0 Å². The van der Waals surface area contributed by atoms with Crippen LogP contribution in [0.4, 0.5) is 0 Å². The molecular formula is C16H29ClN4. The van der Waals surface area contributed by atoms with Crippen molar-refractivity contribution < 1.29 is 0 Å². The Kier molecular flexibility index (Phi) is 5.33. The highest BCUT2D eigenvalue weighted by molar-refractivity contribution is 6.30. The number of aromatic nitrogens is 2. The van der Waals surface area contributed by atoms with Gasteiger partial charge in [-0.15, -0.1) is 0 Å². The van der Waals surface area contributed by atoms with E-state index in [1.807, 2.05) is 14.0 Å². The monoisotopic (exact) mass is 312 g/mol. The van der Waals surface area contributed by atoms with Crippen LogP contribution in [0.25, 0.3) is 0 Å². The van der Waals surface area contributed by atoms with Crippen molar-refractivity contribution in [2.75, 3.05) is 0 Å². The lowest BCUT2D eigenvalue weighted by Gasteiger charge is -2.39. The molecule has 0 aromatic carbocycles. The summed E-state index contributed by atoms with van der Waals surface area (Å²) in [6.07, 6.45) is 7.23. The zero-order valence-corrected chi connectivity index (χ0v) is 14.5. The number of hydrazine groups is 1. The van der Waals surface area contributed by atoms with Crippen molar-refractivity contribution >= 4 is 11.6 Å². The second kappa shape index (κ2) is 6.67. The molecule has 1 aromatic rings. The maximum atomic E-state index is 6.40. The first-order chi connectivity index (χ1) is 9.89. The fourth-order valence-electron chi connectivity index (χ4n) is 4.15. The van der Waals surface area contributed by atoms with Crippen molar-refractivity contribution in [3.8, 4) is 0 Å². The number of rotatable bonds is 6. The third-order valence-corrected chi connectivity index (χ3v) is 5.51. The fourth-order valence-corrected chi connectivity index (χ4v) is 4.40. The summed E-state index contributed by atoms with van der Waals surface area (Å²) < 4.78 is 1.75. The Labute approximate surface area is 133 Å². The second-order valence-electron chi connectivity index (χ2n) is 7.07. The van der Waals surface area contributed by atoms with E-state index >= 15 is 0 Å². The van der Waals surface area contributed by atoms with Gasteiger partial charge in [0.1, 0.15) is 5.15 Å². The molecule has 4 nitrogen and oxygen atoms in total. The van der Waals surface area contributed by atoms with Gasteiger partial charge in [-0.2, -0.15) is 5.10 Å². The number of halogens is 1. The Morgan fingerprint density at radius 3 is 2.43 bits per heavy atom. The van der Waals surface area contributed by atoms with Crippen LogP contribution in [0.15, 0.2) is 0 Å². The van der Waals surface area contributed by atoms with Crippen molar-refractivity contribution in [1.82, 2.24) is 15.2 Å². The maximum absolute atomic E-state index is 6.40. The number of nitrogens with one attached hydrogen (secondary N) is 1. The first-order valence-electron chi connectivity index (χ1n) is 8.03. The van der Waals surface area contributed by atoms with Crippen molar-refractivity contribution in [2.24, 2.45) is 24.2 Å². The number of nitrogens with two attached hydrogens (primary N) is 1. The Morgan fingerprint density at radius 1 is 1.38 bits per heavy atom. The van der Waals surface area contributed by atoms with Gasteiger partial charge in [-0.25, -0.2) is 0 Å². The zero-order chi connectivity index (χ0) is 15.6. The van der Waals surface area contributed by atoms with Crippen LogP contribution in [-0.2, 0) is 13.5 Å². The molecule has 0 aliphatic heterocycles. The summed E-state index contributed by atoms with van der Waals surface area (Å²) in [5, 5.41) is 5.17. The summed E-state index contributed by atoms with van der Waals surface area (Å²) in [4.78, 5) is 0. The molecule has 0 bridgehead atoms. The fraction of sp³-hybridized carbons (Fsp3) is 0.812. The molecular weight excluding hydrogens is 284 g/mol. The van der Waals surface area contributed by atoms with Crippen molar-refractivity contribution in [3.63, 3.8) is 0 Å². The van der Waals surface area contributed by atoms with Gasteiger partial charge < -0.3 is 0 Å². The molecule has 1 aromatic heterocycles. The summed E-state index contributed by atoms with van der Waals surface area (Å²) in [6.45, 7) is 6.63. The van der Waals surface area contributed by atoms with Crippen LogP contribution in [0.2, 0.25) is 5.15 Å². The van der Waals surface area contributed by atoms with Crippen molar-refractivity contribution in [2.45, 2.75) is 65.3 Å². The van der Waals surface area contributed by atoms with Gasteiger partial charge in [0.25, 0.3) is 0 Å². The molecule has 1 aliphatic carbocycles. The Morgan fingerprint density at radius 2 is 2.00 bits per heavy atom. The summed E-state index contributed by atoms with van der Waals surface area (Å²) in [5.74, 6) is 6.63. The minimum Gasteiger partial charge on any atom is -0.271 e. The maximum Gasteiger partial charge on any atom is 0.130 e. The summed E-state index contributed by atoms with van der Waals surface area (Å²) in [6, 6.07) is 0.266. The Balaban J connectivity index is 2.25. The molecule has 1 fully saturated rings. The van der Waals surface area contributed by atoms with Crippen LogP contribution < -0.4 is 11.3 Å². The molecule has 21 heavy (non-hydrogen) atoms. The van der Waals surface area contributed by atoms with Crippen molar-refractivity contribution in [3.05, 3.63) is 16.4 Å². The van der Waals surface area contributed by atoms with E-state index in [-0.39, 0.29) is 6.04 Å². The molecule has 120 valence electrons. The summed E-state index contributed by atoms with van der Waals surface area (Å²) >= 11 is 6.40. The summed E-state index contributed by atoms with van der Waals surface area (Å²) in [7, 11) is 1.89. The molecule has 1 heterocycles. The number of aryl methyl sites for hydroxylation is 2. The van der Waals surface area contributed by atoms with Gasteiger partial charge in [-0.05, 0) is 43.9 Å². The van der Waals surface area contributed by atoms with Gasteiger partial charge in [-0.1, -0.05) is 38.3 Å². The molecule has 0 radical (unpaired) electrons. The van der Waals surface area contributed by atoms with Gasteiger partial charge in [-0.3, -0.25) is 16.0 Å². The van der Waals surface area contributed by atoms with Crippen LogP contribution in [0.1, 0.15) is 57.2 Å². The van der Waals surface area contributed by atoms with E-state index in [9.17, 15) is 0 Å². The largest absolute Gasteiger partial charge is 0.271 e. The quantitative estimate of drug-likeness (QED) is 0.625. The van der Waals surface area contributed by atoms with Gasteiger partial charge in [0.05, 0.1) is 5.69 Å². The van der Waals surface area contributed by atoms with Gasteiger partial charge in [0, 0.05) is 18.7 Å². The van der Waals surface area contributed by atoms with E-state index in [0.717, 1.165) is 22.8 Å². The molecule has 3 N–H and O–H groups in total. The predicted molar refractivity (Wildman–Crippen MR) is 88.1 cm³/mol. The molecule has 0 saturated heterocycles. The average Bonchev–Trinajstić information content (AvgIpc) is 2.95. The molecule has 1 aliphatic rings. The third-order valence-electron chi connectivity index (χ3n) is 5.03. The molecule has 0 amide bonds. The number of hydrogen-bond acceptors (Lipinski definition) is 3. The normalized spacial score (nSPS) is 19.4. The molecule has 1 atom stereocenters. The first-order valence-corrected chi connectivity index (χ1v) is 8.41. The van der Waals surface area contributed by atoms with Gasteiger partial charge >= 0.3 is 0 Å². The molecule has 1 saturated carbocycles. The van der Waals surface area contributed by atoms with E-state index in [1.54, 1.807) is 4.68 Å². The molecule has 1 unspecified atom stereocenters. The highest BCUT2D eigenvalue weighted by atomic mass is 35.5. The third kappa shape index (κ3) is 3.43. The number of nitrogens with zero attached hydrogens (tertiary/aromatic N) is 2. The number of hydrogen-bond donors (Lipinski definition) is 2. The SMILES string of the molecule is Cc1nn(C)c(Cl)c1CC(NN)C1(CC(C)C)CCCC1. The topological polar surface area (TPSA) is 55.9 Å². The summed E-state index contributed by atoms with van der Waals surface area (Å²) in [5.41, 5.74) is 5.56. The van der Waals surface area contributed by atoms with E-state index in [1.165, 1.54) is 32.1 Å². The van der Waals surface area contributed by atoms with E-state index in [4.69, 9.17) is 17.4 Å². The van der Waals surface area contributed by atoms with Crippen LogP contribution in [0.5, 0.6) is 0 Å².